The Bertz CT molecular complexity index is 1140. The fourth-order valence-electron chi connectivity index (χ4n) is 3.55. The number of carboxylic acid groups (broad SMARTS) is 1. The number of carboxylic acids is 1. The highest BCUT2D eigenvalue weighted by Gasteiger charge is 2.30. The second kappa shape index (κ2) is 10.2. The van der Waals surface area contributed by atoms with Gasteiger partial charge in [-0.2, -0.15) is 0 Å². The van der Waals surface area contributed by atoms with Crippen LogP contribution in [0.15, 0.2) is 48.5 Å². The molecule has 1 amide bonds. The van der Waals surface area contributed by atoms with E-state index in [4.69, 9.17) is 4.74 Å². The molecule has 0 saturated heterocycles. The van der Waals surface area contributed by atoms with Crippen molar-refractivity contribution in [1.29, 1.82) is 0 Å². The van der Waals surface area contributed by atoms with Crippen molar-refractivity contribution in [3.05, 3.63) is 70.2 Å². The van der Waals surface area contributed by atoms with Gasteiger partial charge in [0.1, 0.15) is 15.6 Å². The minimum Gasteiger partial charge on any atom is -0.478 e. The highest BCUT2D eigenvalue weighted by molar-refractivity contribution is 7.17. The summed E-state index contributed by atoms with van der Waals surface area (Å²) >= 11 is 1.42. The lowest BCUT2D eigenvalue weighted by molar-refractivity contribution is -0.152. The van der Waals surface area contributed by atoms with Crippen molar-refractivity contribution in [3.63, 3.8) is 0 Å². The Balaban J connectivity index is 0.00000149. The molecule has 6 nitrogen and oxygen atoms in total. The number of carbonyl (C=O) groups excluding carboxylic acids is 1. The molecule has 0 radical (unpaired) electrons. The van der Waals surface area contributed by atoms with Gasteiger partial charge in [-0.3, -0.25) is 4.79 Å². The average molecular weight is 467 g/mol. The molecule has 0 unspecified atom stereocenters. The third kappa shape index (κ3) is 5.42. The van der Waals surface area contributed by atoms with Gasteiger partial charge in [0.25, 0.3) is 5.91 Å². The van der Waals surface area contributed by atoms with Crippen molar-refractivity contribution in [2.24, 2.45) is 0 Å². The van der Waals surface area contributed by atoms with Crippen LogP contribution in [0.25, 0.3) is 10.6 Å². The average Bonchev–Trinajstić information content (AvgIpc) is 3.21. The van der Waals surface area contributed by atoms with Gasteiger partial charge in [-0.15, -0.1) is 11.3 Å². The summed E-state index contributed by atoms with van der Waals surface area (Å²) in [5.41, 5.74) is 2.53. The van der Waals surface area contributed by atoms with Gasteiger partial charge in [-0.05, 0) is 50.5 Å². The van der Waals surface area contributed by atoms with E-state index < -0.39 is 11.6 Å². The van der Waals surface area contributed by atoms with E-state index in [1.807, 2.05) is 68.1 Å². The van der Waals surface area contributed by atoms with Crippen LogP contribution in [-0.2, 0) is 17.8 Å². The molecule has 0 atom stereocenters. The lowest BCUT2D eigenvalue weighted by Gasteiger charge is -2.29. The fourth-order valence-corrected chi connectivity index (χ4v) is 4.59. The first-order valence-electron chi connectivity index (χ1n) is 11.1. The molecule has 1 aromatic heterocycles. The molecular weight excluding hydrogens is 436 g/mol. The summed E-state index contributed by atoms with van der Waals surface area (Å²) in [7, 11) is 0. The number of rotatable bonds is 5. The topological polar surface area (TPSA) is 79.7 Å². The van der Waals surface area contributed by atoms with Gasteiger partial charge in [0.2, 0.25) is 0 Å². The molecule has 0 saturated carbocycles. The first-order chi connectivity index (χ1) is 15.7. The molecule has 4 rings (SSSR count). The van der Waals surface area contributed by atoms with Gasteiger partial charge in [0.05, 0.1) is 5.69 Å². The van der Waals surface area contributed by atoms with E-state index in [1.165, 1.54) is 25.2 Å². The number of nitrogens with zero attached hydrogens (tertiary/aromatic N) is 2. The lowest BCUT2D eigenvalue weighted by atomic mass is 9.99. The second-order valence-electron chi connectivity index (χ2n) is 8.12. The third-order valence-electron chi connectivity index (χ3n) is 5.38. The molecule has 0 fully saturated rings. The molecular formula is C26H30N2O4S. The summed E-state index contributed by atoms with van der Waals surface area (Å²) in [6.45, 7) is 9.98. The van der Waals surface area contributed by atoms with Crippen LogP contribution in [0.3, 0.4) is 0 Å². The van der Waals surface area contributed by atoms with E-state index in [2.05, 4.69) is 4.98 Å². The maximum absolute atomic E-state index is 13.3. The number of carbonyl (C=O) groups is 2. The minimum absolute atomic E-state index is 0.0278. The van der Waals surface area contributed by atoms with Crippen LogP contribution < -0.4 is 4.74 Å². The molecule has 33 heavy (non-hydrogen) atoms. The maximum atomic E-state index is 13.3. The molecule has 0 aliphatic carbocycles. The number of thiazole rings is 1. The molecule has 1 aliphatic heterocycles. The van der Waals surface area contributed by atoms with E-state index in [-0.39, 0.29) is 5.91 Å². The predicted molar refractivity (Wildman–Crippen MR) is 131 cm³/mol. The molecule has 0 spiro atoms. The first-order valence-corrected chi connectivity index (χ1v) is 11.9. The smallest absolute Gasteiger partial charge is 0.347 e. The quantitative estimate of drug-likeness (QED) is 0.531. The number of ether oxygens (including phenoxy) is 1. The van der Waals surface area contributed by atoms with Crippen molar-refractivity contribution >= 4 is 23.2 Å². The molecule has 3 aromatic rings. The van der Waals surface area contributed by atoms with Crippen LogP contribution in [0.5, 0.6) is 5.75 Å². The summed E-state index contributed by atoms with van der Waals surface area (Å²) in [4.78, 5) is 31.7. The van der Waals surface area contributed by atoms with Crippen molar-refractivity contribution in [2.45, 2.75) is 53.2 Å². The predicted octanol–water partition coefficient (Wildman–Crippen LogP) is 5.59. The van der Waals surface area contributed by atoms with Gasteiger partial charge >= 0.3 is 5.97 Å². The molecule has 174 valence electrons. The van der Waals surface area contributed by atoms with Crippen LogP contribution in [0.4, 0.5) is 0 Å². The highest BCUT2D eigenvalue weighted by Crippen LogP contribution is 2.31. The summed E-state index contributed by atoms with van der Waals surface area (Å²) in [5, 5.41) is 10.1. The summed E-state index contributed by atoms with van der Waals surface area (Å²) in [5.74, 6) is -0.572. The van der Waals surface area contributed by atoms with E-state index in [0.29, 0.717) is 23.7 Å². The highest BCUT2D eigenvalue weighted by atomic mass is 32.1. The van der Waals surface area contributed by atoms with Crippen LogP contribution in [0, 0.1) is 6.92 Å². The Morgan fingerprint density at radius 1 is 1.09 bits per heavy atom. The summed E-state index contributed by atoms with van der Waals surface area (Å²) < 4.78 is 5.67. The number of fused-ring (bicyclic) bond motifs is 1. The Morgan fingerprint density at radius 3 is 2.45 bits per heavy atom. The normalized spacial score (nSPS) is 12.9. The zero-order valence-corrected chi connectivity index (χ0v) is 20.5. The van der Waals surface area contributed by atoms with Gasteiger partial charge in [-0.25, -0.2) is 9.78 Å². The maximum Gasteiger partial charge on any atom is 0.347 e. The standard InChI is InChI=1S/C24H24N2O4S.C2H6/c1-15-20(31-21(25-15)17-7-5-4-6-8-17)22(27)26-12-11-16-9-10-19(13-18(16)14-26)30-24(2,3)23(28)29;1-2/h4-10,13H,11-12,14H2,1-3H3,(H,28,29);1-2H3. The Hall–Kier alpha value is -3.19. The van der Waals surface area contributed by atoms with Crippen molar-refractivity contribution < 1.29 is 19.4 Å². The van der Waals surface area contributed by atoms with E-state index in [0.717, 1.165) is 33.8 Å². The van der Waals surface area contributed by atoms with E-state index in [1.54, 1.807) is 6.07 Å². The van der Waals surface area contributed by atoms with Crippen LogP contribution in [-0.4, -0.2) is 39.0 Å². The van der Waals surface area contributed by atoms with Crippen LogP contribution in [0.1, 0.15) is 54.2 Å². The molecule has 1 aliphatic rings. The molecule has 7 heteroatoms. The number of benzene rings is 2. The fraction of sp³-hybridized carbons (Fsp3) is 0.346. The number of hydrogen-bond acceptors (Lipinski definition) is 5. The van der Waals surface area contributed by atoms with Gasteiger partial charge in [-0.1, -0.05) is 50.2 Å². The molecule has 0 bridgehead atoms. The van der Waals surface area contributed by atoms with Crippen molar-refractivity contribution in [2.75, 3.05) is 6.54 Å². The van der Waals surface area contributed by atoms with Crippen molar-refractivity contribution in [1.82, 2.24) is 9.88 Å². The number of aromatic nitrogens is 1. The molecule has 2 aromatic carbocycles. The van der Waals surface area contributed by atoms with Crippen LogP contribution >= 0.6 is 11.3 Å². The zero-order valence-electron chi connectivity index (χ0n) is 19.7. The minimum atomic E-state index is -1.33. The molecule has 2 heterocycles. The number of amides is 1. The largest absolute Gasteiger partial charge is 0.478 e. The Morgan fingerprint density at radius 2 is 1.79 bits per heavy atom. The Labute approximate surface area is 198 Å². The first kappa shape index (κ1) is 24.5. The monoisotopic (exact) mass is 466 g/mol. The second-order valence-corrected chi connectivity index (χ2v) is 9.12. The van der Waals surface area contributed by atoms with E-state index in [9.17, 15) is 14.7 Å². The lowest BCUT2D eigenvalue weighted by Crippen LogP contribution is -2.38. The third-order valence-corrected chi connectivity index (χ3v) is 6.57. The number of aliphatic carboxylic acids is 1. The molecule has 1 N–H and O–H groups in total. The SMILES string of the molecule is CC.Cc1nc(-c2ccccc2)sc1C(=O)N1CCc2ccc(OC(C)(C)C(=O)O)cc2C1. The van der Waals surface area contributed by atoms with Gasteiger partial charge in [0.15, 0.2) is 5.60 Å². The summed E-state index contributed by atoms with van der Waals surface area (Å²) in [6.07, 6.45) is 0.743. The zero-order chi connectivity index (χ0) is 24.2. The van der Waals surface area contributed by atoms with E-state index >= 15 is 0 Å². The van der Waals surface area contributed by atoms with Gasteiger partial charge in [0, 0.05) is 18.7 Å². The number of aryl methyl sites for hydroxylation is 1. The van der Waals surface area contributed by atoms with Gasteiger partial charge < -0.3 is 14.7 Å². The van der Waals surface area contributed by atoms with Crippen LogP contribution in [0.2, 0.25) is 0 Å². The summed E-state index contributed by atoms with van der Waals surface area (Å²) in [6, 6.07) is 15.4. The Kier molecular flexibility index (Phi) is 7.53. The number of hydrogen-bond donors (Lipinski definition) is 1. The van der Waals surface area contributed by atoms with Crippen molar-refractivity contribution in [3.8, 4) is 16.3 Å².